The van der Waals surface area contributed by atoms with Gasteiger partial charge in [0.1, 0.15) is 17.0 Å². The second-order valence-electron chi connectivity index (χ2n) is 11.3. The van der Waals surface area contributed by atoms with Crippen LogP contribution >= 0.6 is 23.2 Å². The summed E-state index contributed by atoms with van der Waals surface area (Å²) in [5, 5.41) is 31.8. The summed E-state index contributed by atoms with van der Waals surface area (Å²) >= 11 is 12.2. The number of hydrogen-bond donors (Lipinski definition) is 1. The third-order valence-electron chi connectivity index (χ3n) is 7.58. The highest BCUT2D eigenvalue weighted by Gasteiger charge is 2.61. The minimum atomic E-state index is -1.89. The van der Waals surface area contributed by atoms with Crippen molar-refractivity contribution in [1.82, 2.24) is 9.13 Å². The maximum atomic E-state index is 15.9. The Kier molecular flexibility index (Phi) is 6.98. The number of nitrogens with zero attached hydrogens (tertiary/aromatic N) is 4. The molecule has 0 bridgehead atoms. The monoisotopic (exact) mass is 592 g/mol. The standard InChI is InChI=1S/C31H24Cl2F2N4O2/c1-30(2,3)14-24-31(16-37,21-12-9-18(32)13-23(21)34)25(20-5-4-6-22(33)26(20)35)27-28(40)38(29(41)39(24)27)19-10-7-17(15-36)8-11-19/h4-13,24-25,40H,14H2,1-3H3/t24-,25-,31-/m0/s1. The molecule has 2 heterocycles. The van der Waals surface area contributed by atoms with Gasteiger partial charge in [-0.2, -0.15) is 10.5 Å². The van der Waals surface area contributed by atoms with Crippen molar-refractivity contribution in [2.45, 2.75) is 44.6 Å². The molecule has 5 rings (SSSR count). The molecular formula is C31H24Cl2F2N4O2. The van der Waals surface area contributed by atoms with Crippen LogP contribution in [-0.2, 0) is 5.41 Å². The van der Waals surface area contributed by atoms with Crippen LogP contribution < -0.4 is 5.69 Å². The van der Waals surface area contributed by atoms with E-state index >= 15 is 8.78 Å². The Morgan fingerprint density at radius 1 is 1.05 bits per heavy atom. The summed E-state index contributed by atoms with van der Waals surface area (Å²) in [5.74, 6) is -3.53. The summed E-state index contributed by atoms with van der Waals surface area (Å²) < 4.78 is 34.0. The van der Waals surface area contributed by atoms with E-state index in [1.807, 2.05) is 26.8 Å². The number of hydrogen-bond acceptors (Lipinski definition) is 4. The SMILES string of the molecule is CC(C)(C)C[C@@H]1n2c(c(O)n(-c3ccc(C#N)cc3)c2=O)[C@H](c2cccc(Cl)c2F)[C@@]1(C#N)c1ccc(Cl)cc1F. The van der Waals surface area contributed by atoms with Crippen molar-refractivity contribution in [3.8, 4) is 23.7 Å². The second kappa shape index (κ2) is 10.1. The van der Waals surface area contributed by atoms with Crippen molar-refractivity contribution in [3.63, 3.8) is 0 Å². The molecule has 4 aromatic rings. The van der Waals surface area contributed by atoms with Crippen LogP contribution in [0.1, 0.15) is 61.5 Å². The molecule has 1 aliphatic rings. The van der Waals surface area contributed by atoms with Gasteiger partial charge in [0.2, 0.25) is 5.88 Å². The Balaban J connectivity index is 1.94. The Morgan fingerprint density at radius 2 is 1.73 bits per heavy atom. The Labute approximate surface area is 245 Å². The first kappa shape index (κ1) is 28.4. The first-order valence-electron chi connectivity index (χ1n) is 12.7. The average molecular weight is 593 g/mol. The smallest absolute Gasteiger partial charge is 0.336 e. The molecule has 6 nitrogen and oxygen atoms in total. The van der Waals surface area contributed by atoms with Gasteiger partial charge in [0.25, 0.3) is 0 Å². The van der Waals surface area contributed by atoms with E-state index in [0.29, 0.717) is 5.56 Å². The minimum Gasteiger partial charge on any atom is -0.493 e. The normalized spacial score (nSPS) is 19.9. The lowest BCUT2D eigenvalue weighted by Gasteiger charge is -2.38. The molecular weight excluding hydrogens is 569 g/mol. The summed E-state index contributed by atoms with van der Waals surface area (Å²) in [7, 11) is 0. The van der Waals surface area contributed by atoms with Crippen molar-refractivity contribution in [1.29, 1.82) is 10.5 Å². The van der Waals surface area contributed by atoms with Crippen molar-refractivity contribution in [2.75, 3.05) is 0 Å². The topological polar surface area (TPSA) is 94.7 Å². The molecule has 0 spiro atoms. The minimum absolute atomic E-state index is 0.0503. The van der Waals surface area contributed by atoms with E-state index in [1.54, 1.807) is 0 Å². The van der Waals surface area contributed by atoms with E-state index in [0.717, 1.165) is 10.6 Å². The molecule has 10 heteroatoms. The highest BCUT2D eigenvalue weighted by Crippen LogP contribution is 2.60. The summed E-state index contributed by atoms with van der Waals surface area (Å²) in [5.41, 5.74) is -2.70. The number of halogens is 4. The maximum Gasteiger partial charge on any atom is 0.336 e. The van der Waals surface area contributed by atoms with Gasteiger partial charge >= 0.3 is 5.69 Å². The molecule has 0 aliphatic carbocycles. The van der Waals surface area contributed by atoms with E-state index in [9.17, 15) is 20.4 Å². The number of fused-ring (bicyclic) bond motifs is 1. The van der Waals surface area contributed by atoms with Gasteiger partial charge in [0.15, 0.2) is 0 Å². The van der Waals surface area contributed by atoms with Gasteiger partial charge in [-0.3, -0.25) is 4.57 Å². The third kappa shape index (κ3) is 4.39. The highest BCUT2D eigenvalue weighted by molar-refractivity contribution is 6.31. The fourth-order valence-corrected chi connectivity index (χ4v) is 6.29. The zero-order chi connectivity index (χ0) is 29.9. The van der Waals surface area contributed by atoms with Crippen LogP contribution in [0, 0.1) is 39.7 Å². The summed E-state index contributed by atoms with van der Waals surface area (Å²) in [6, 6.07) is 17.3. The quantitative estimate of drug-likeness (QED) is 0.267. The van der Waals surface area contributed by atoms with Gasteiger partial charge in [-0.05, 0) is 54.3 Å². The molecule has 0 saturated heterocycles. The maximum absolute atomic E-state index is 15.9. The fourth-order valence-electron chi connectivity index (χ4n) is 5.95. The largest absolute Gasteiger partial charge is 0.493 e. The molecule has 0 fully saturated rings. The Hall–Kier alpha value is -4.11. The number of imidazole rings is 1. The van der Waals surface area contributed by atoms with Crippen molar-refractivity contribution >= 4 is 23.2 Å². The third-order valence-corrected chi connectivity index (χ3v) is 8.11. The second-order valence-corrected chi connectivity index (χ2v) is 12.2. The molecule has 3 aromatic carbocycles. The van der Waals surface area contributed by atoms with Crippen LogP contribution in [0.5, 0.6) is 5.88 Å². The fraction of sp³-hybridized carbons (Fsp3) is 0.258. The molecule has 1 aromatic heterocycles. The van der Waals surface area contributed by atoms with Crippen molar-refractivity contribution in [3.05, 3.63) is 115 Å². The molecule has 0 unspecified atom stereocenters. The van der Waals surface area contributed by atoms with Crippen molar-refractivity contribution < 1.29 is 13.9 Å². The van der Waals surface area contributed by atoms with Gasteiger partial charge in [0, 0.05) is 16.1 Å². The summed E-state index contributed by atoms with van der Waals surface area (Å²) in [4.78, 5) is 14.2. The van der Waals surface area contributed by atoms with Crippen LogP contribution in [0.4, 0.5) is 8.78 Å². The lowest BCUT2D eigenvalue weighted by Crippen LogP contribution is -2.41. The predicted molar refractivity (Wildman–Crippen MR) is 151 cm³/mol. The van der Waals surface area contributed by atoms with E-state index in [4.69, 9.17) is 23.2 Å². The molecule has 1 aliphatic heterocycles. The van der Waals surface area contributed by atoms with Crippen molar-refractivity contribution in [2.24, 2.45) is 5.41 Å². The lowest BCUT2D eigenvalue weighted by atomic mass is 9.63. The van der Waals surface area contributed by atoms with Crippen LogP contribution in [0.25, 0.3) is 5.69 Å². The summed E-state index contributed by atoms with van der Waals surface area (Å²) in [6.07, 6.45) is 0.186. The van der Waals surface area contributed by atoms with Gasteiger partial charge in [0.05, 0.1) is 46.1 Å². The van der Waals surface area contributed by atoms with Gasteiger partial charge in [-0.15, -0.1) is 0 Å². The van der Waals surface area contributed by atoms with Crippen LogP contribution in [0.2, 0.25) is 10.0 Å². The lowest BCUT2D eigenvalue weighted by molar-refractivity contribution is 0.236. The zero-order valence-corrected chi connectivity index (χ0v) is 23.8. The van der Waals surface area contributed by atoms with Crippen LogP contribution in [0.15, 0.2) is 65.5 Å². The first-order valence-corrected chi connectivity index (χ1v) is 13.5. The van der Waals surface area contributed by atoms with Gasteiger partial charge in [-0.1, -0.05) is 62.2 Å². The molecule has 208 valence electrons. The zero-order valence-electron chi connectivity index (χ0n) is 22.3. The van der Waals surface area contributed by atoms with Crippen LogP contribution in [0.3, 0.4) is 0 Å². The number of aromatic hydroxyl groups is 1. The Morgan fingerprint density at radius 3 is 2.32 bits per heavy atom. The summed E-state index contributed by atoms with van der Waals surface area (Å²) in [6.45, 7) is 5.72. The van der Waals surface area contributed by atoms with E-state index in [1.165, 1.54) is 59.2 Å². The first-order chi connectivity index (χ1) is 19.4. The predicted octanol–water partition coefficient (Wildman–Crippen LogP) is 7.39. The molecule has 0 amide bonds. The molecule has 41 heavy (non-hydrogen) atoms. The molecule has 1 N–H and O–H groups in total. The Bertz CT molecular complexity index is 1830. The van der Waals surface area contributed by atoms with E-state index in [2.05, 4.69) is 6.07 Å². The van der Waals surface area contributed by atoms with Gasteiger partial charge in [-0.25, -0.2) is 18.1 Å². The molecule has 0 radical (unpaired) electrons. The average Bonchev–Trinajstić information content (AvgIpc) is 3.33. The number of rotatable bonds is 4. The number of nitriles is 2. The molecule has 0 saturated carbocycles. The van der Waals surface area contributed by atoms with E-state index in [-0.39, 0.29) is 39.0 Å². The number of benzene rings is 3. The van der Waals surface area contributed by atoms with E-state index < -0.39 is 46.0 Å². The molecule has 3 atom stereocenters. The van der Waals surface area contributed by atoms with Crippen LogP contribution in [-0.4, -0.2) is 14.2 Å². The van der Waals surface area contributed by atoms with Gasteiger partial charge < -0.3 is 5.11 Å². The number of aromatic nitrogens is 2. The highest BCUT2D eigenvalue weighted by atomic mass is 35.5.